The molecule has 0 aromatic carbocycles. The molecule has 0 radical (unpaired) electrons. The predicted octanol–water partition coefficient (Wildman–Crippen LogP) is 0.579. The number of imide groups is 1. The Labute approximate surface area is 98.6 Å². The summed E-state index contributed by atoms with van der Waals surface area (Å²) in [6, 6.07) is 0. The van der Waals surface area contributed by atoms with E-state index in [1.165, 1.54) is 11.2 Å². The highest BCUT2D eigenvalue weighted by Crippen LogP contribution is 2.52. The Morgan fingerprint density at radius 1 is 1.24 bits per heavy atom. The number of carbonyl (C=O) groups is 2. The Bertz CT molecular complexity index is 443. The van der Waals surface area contributed by atoms with Gasteiger partial charge in [0.2, 0.25) is 0 Å². The minimum Gasteiger partial charge on any atom is -0.426 e. The van der Waals surface area contributed by atoms with Gasteiger partial charge < -0.3 is 4.74 Å². The maximum atomic E-state index is 12.1. The highest BCUT2D eigenvalue weighted by atomic mass is 16.5. The molecule has 0 saturated heterocycles. The van der Waals surface area contributed by atoms with Crippen LogP contribution >= 0.6 is 0 Å². The van der Waals surface area contributed by atoms with E-state index in [-0.39, 0.29) is 25.0 Å². The van der Waals surface area contributed by atoms with Crippen molar-refractivity contribution in [3.05, 3.63) is 11.1 Å². The fourth-order valence-electron chi connectivity index (χ4n) is 3.29. The molecular weight excluding hydrogens is 220 g/mol. The summed E-state index contributed by atoms with van der Waals surface area (Å²) in [5.74, 6) is 0.291. The van der Waals surface area contributed by atoms with Crippen LogP contribution in [0.25, 0.3) is 0 Å². The minimum atomic E-state index is -0.154. The molecule has 2 aliphatic carbocycles. The Kier molecular flexibility index (Phi) is 2.18. The molecule has 1 saturated carbocycles. The molecule has 2 amide bonds. The van der Waals surface area contributed by atoms with Crippen LogP contribution in [0.5, 0.6) is 0 Å². The molecule has 0 aromatic heterocycles. The Balaban J connectivity index is 1.79. The second kappa shape index (κ2) is 3.59. The fourth-order valence-corrected chi connectivity index (χ4v) is 3.29. The maximum Gasteiger partial charge on any atom is 0.286 e. The largest absolute Gasteiger partial charge is 0.426 e. The van der Waals surface area contributed by atoms with Crippen molar-refractivity contribution in [3.8, 4) is 6.26 Å². The summed E-state index contributed by atoms with van der Waals surface area (Å²) < 4.78 is 4.52. The van der Waals surface area contributed by atoms with Crippen LogP contribution in [0.1, 0.15) is 19.3 Å². The Morgan fingerprint density at radius 3 is 2.35 bits per heavy atom. The van der Waals surface area contributed by atoms with Crippen LogP contribution in [0.2, 0.25) is 0 Å². The summed E-state index contributed by atoms with van der Waals surface area (Å²) in [7, 11) is 0. The van der Waals surface area contributed by atoms with Crippen molar-refractivity contribution in [1.29, 1.82) is 5.26 Å². The second-order valence-corrected chi connectivity index (χ2v) is 4.74. The molecule has 3 aliphatic rings. The number of ether oxygens (including phenoxy) is 1. The standard InChI is InChI=1S/C12H12N2O3/c13-6-17-4-3-14-11(15)9-7-1-2-8(5-7)10(9)12(14)16/h7-8H,1-5H2. The molecule has 1 heterocycles. The van der Waals surface area contributed by atoms with E-state index in [1.807, 2.05) is 0 Å². The topological polar surface area (TPSA) is 70.4 Å². The SMILES string of the molecule is N#COCCN1C(=O)C2=C(C1=O)C1CCC2C1. The molecule has 88 valence electrons. The van der Waals surface area contributed by atoms with Crippen LogP contribution < -0.4 is 0 Å². The van der Waals surface area contributed by atoms with Crippen molar-refractivity contribution in [1.82, 2.24) is 4.90 Å². The van der Waals surface area contributed by atoms with E-state index in [1.54, 1.807) is 0 Å². The van der Waals surface area contributed by atoms with Gasteiger partial charge in [0.05, 0.1) is 6.54 Å². The van der Waals surface area contributed by atoms with Crippen LogP contribution in [0.15, 0.2) is 11.1 Å². The predicted molar refractivity (Wildman–Crippen MR) is 56.1 cm³/mol. The van der Waals surface area contributed by atoms with Crippen molar-refractivity contribution in [2.45, 2.75) is 19.3 Å². The summed E-state index contributed by atoms with van der Waals surface area (Å²) in [6.07, 6.45) is 4.58. The Hall–Kier alpha value is -1.83. The van der Waals surface area contributed by atoms with Gasteiger partial charge in [-0.2, -0.15) is 5.26 Å². The first-order valence-electron chi connectivity index (χ1n) is 5.85. The number of rotatable bonds is 3. The summed E-state index contributed by atoms with van der Waals surface area (Å²) in [4.78, 5) is 25.4. The zero-order valence-electron chi connectivity index (χ0n) is 9.31. The van der Waals surface area contributed by atoms with E-state index in [9.17, 15) is 9.59 Å². The van der Waals surface area contributed by atoms with Crippen molar-refractivity contribution < 1.29 is 14.3 Å². The van der Waals surface area contributed by atoms with E-state index in [0.717, 1.165) is 30.4 Å². The lowest BCUT2D eigenvalue weighted by atomic mass is 9.93. The van der Waals surface area contributed by atoms with Crippen LogP contribution in [0.4, 0.5) is 0 Å². The molecule has 0 spiro atoms. The van der Waals surface area contributed by atoms with Crippen LogP contribution in [-0.2, 0) is 14.3 Å². The molecular formula is C12H12N2O3. The lowest BCUT2D eigenvalue weighted by Crippen LogP contribution is -2.36. The quantitative estimate of drug-likeness (QED) is 0.405. The van der Waals surface area contributed by atoms with E-state index < -0.39 is 0 Å². The van der Waals surface area contributed by atoms with Gasteiger partial charge in [0.1, 0.15) is 6.61 Å². The highest BCUT2D eigenvalue weighted by molar-refractivity contribution is 6.20. The van der Waals surface area contributed by atoms with Gasteiger partial charge in [0.15, 0.2) is 0 Å². The average molecular weight is 232 g/mol. The number of fused-ring (bicyclic) bond motifs is 4. The van der Waals surface area contributed by atoms with Gasteiger partial charge in [-0.1, -0.05) is 0 Å². The molecule has 0 aromatic rings. The third-order valence-corrected chi connectivity index (χ3v) is 3.97. The molecule has 0 N–H and O–H groups in total. The van der Waals surface area contributed by atoms with Crippen LogP contribution in [0.3, 0.4) is 0 Å². The highest BCUT2D eigenvalue weighted by Gasteiger charge is 2.51. The normalized spacial score (nSPS) is 29.9. The van der Waals surface area contributed by atoms with E-state index in [4.69, 9.17) is 5.26 Å². The first-order chi connectivity index (χ1) is 8.24. The second-order valence-electron chi connectivity index (χ2n) is 4.74. The third-order valence-electron chi connectivity index (χ3n) is 3.97. The molecule has 17 heavy (non-hydrogen) atoms. The summed E-state index contributed by atoms with van der Waals surface area (Å²) in [5, 5.41) is 8.26. The van der Waals surface area contributed by atoms with Gasteiger partial charge in [-0.15, -0.1) is 0 Å². The number of likely N-dealkylation sites (tertiary alicyclic amines) is 1. The molecule has 3 rings (SSSR count). The van der Waals surface area contributed by atoms with Gasteiger partial charge in [0.25, 0.3) is 18.1 Å². The van der Waals surface area contributed by atoms with Gasteiger partial charge in [-0.3, -0.25) is 14.5 Å². The van der Waals surface area contributed by atoms with Crippen molar-refractivity contribution in [3.63, 3.8) is 0 Å². The van der Waals surface area contributed by atoms with Crippen LogP contribution in [0, 0.1) is 23.4 Å². The molecule has 2 bridgehead atoms. The molecule has 5 nitrogen and oxygen atoms in total. The van der Waals surface area contributed by atoms with Gasteiger partial charge >= 0.3 is 0 Å². The minimum absolute atomic E-state index is 0.0872. The monoisotopic (exact) mass is 232 g/mol. The maximum absolute atomic E-state index is 12.1. The zero-order valence-corrected chi connectivity index (χ0v) is 9.31. The molecule has 2 unspecified atom stereocenters. The molecule has 5 heteroatoms. The van der Waals surface area contributed by atoms with Gasteiger partial charge in [-0.05, 0) is 31.1 Å². The first-order valence-corrected chi connectivity index (χ1v) is 5.85. The molecule has 1 aliphatic heterocycles. The number of nitrogens with zero attached hydrogens (tertiary/aromatic N) is 2. The lowest BCUT2D eigenvalue weighted by molar-refractivity contribution is -0.138. The van der Waals surface area contributed by atoms with E-state index >= 15 is 0 Å². The Morgan fingerprint density at radius 2 is 1.82 bits per heavy atom. The van der Waals surface area contributed by atoms with Crippen molar-refractivity contribution in [2.24, 2.45) is 11.8 Å². The summed E-state index contributed by atoms with van der Waals surface area (Å²) >= 11 is 0. The third kappa shape index (κ3) is 1.30. The summed E-state index contributed by atoms with van der Waals surface area (Å²) in [5.41, 5.74) is 1.51. The van der Waals surface area contributed by atoms with E-state index in [0.29, 0.717) is 11.8 Å². The number of amides is 2. The summed E-state index contributed by atoms with van der Waals surface area (Å²) in [6.45, 7) is 0.265. The van der Waals surface area contributed by atoms with Crippen molar-refractivity contribution in [2.75, 3.05) is 13.2 Å². The van der Waals surface area contributed by atoms with Gasteiger partial charge in [0, 0.05) is 11.1 Å². The van der Waals surface area contributed by atoms with E-state index in [2.05, 4.69) is 4.74 Å². The number of carbonyl (C=O) groups excluding carboxylic acids is 2. The van der Waals surface area contributed by atoms with Gasteiger partial charge in [-0.25, -0.2) is 0 Å². The van der Waals surface area contributed by atoms with Crippen molar-refractivity contribution >= 4 is 11.8 Å². The lowest BCUT2D eigenvalue weighted by Gasteiger charge is -2.16. The average Bonchev–Trinajstić information content (AvgIpc) is 2.97. The fraction of sp³-hybridized carbons (Fsp3) is 0.583. The number of hydrogen-bond acceptors (Lipinski definition) is 4. The molecule has 2 atom stereocenters. The zero-order chi connectivity index (χ0) is 12.0. The number of hydrogen-bond donors (Lipinski definition) is 0. The first kappa shape index (κ1) is 10.3. The van der Waals surface area contributed by atoms with Crippen LogP contribution in [-0.4, -0.2) is 29.9 Å². The number of nitriles is 1. The smallest absolute Gasteiger partial charge is 0.286 e. The molecule has 1 fully saturated rings.